The maximum atomic E-state index is 5.93. The van der Waals surface area contributed by atoms with Gasteiger partial charge in [-0.2, -0.15) is 0 Å². The summed E-state index contributed by atoms with van der Waals surface area (Å²) in [5, 5.41) is 0. The van der Waals surface area contributed by atoms with Gasteiger partial charge in [0.15, 0.2) is 0 Å². The standard InChI is InChI=1S/C16H26N2OS/c1-12(2)18-7-8-19-15(10-18)11-20-16-6-4-5-14(9-16)13(3)17/h4-6,9,12-13,15H,7-8,10-11,17H2,1-3H3. The van der Waals surface area contributed by atoms with Gasteiger partial charge >= 0.3 is 0 Å². The molecule has 1 aromatic rings. The van der Waals surface area contributed by atoms with Crippen LogP contribution in [0.15, 0.2) is 29.2 Å². The van der Waals surface area contributed by atoms with Crippen molar-refractivity contribution >= 4 is 11.8 Å². The van der Waals surface area contributed by atoms with Crippen LogP contribution in [0.3, 0.4) is 0 Å². The van der Waals surface area contributed by atoms with E-state index in [9.17, 15) is 0 Å². The monoisotopic (exact) mass is 294 g/mol. The van der Waals surface area contributed by atoms with Crippen molar-refractivity contribution in [2.24, 2.45) is 5.73 Å². The lowest BCUT2D eigenvalue weighted by Gasteiger charge is -2.35. The minimum Gasteiger partial charge on any atom is -0.375 e. The van der Waals surface area contributed by atoms with Gasteiger partial charge in [-0.05, 0) is 38.5 Å². The number of nitrogens with zero attached hydrogens (tertiary/aromatic N) is 1. The van der Waals surface area contributed by atoms with Crippen LogP contribution in [0.25, 0.3) is 0 Å². The van der Waals surface area contributed by atoms with Crippen LogP contribution in [0, 0.1) is 0 Å². The van der Waals surface area contributed by atoms with E-state index in [1.807, 2.05) is 18.7 Å². The van der Waals surface area contributed by atoms with Crippen LogP contribution in [0.2, 0.25) is 0 Å². The second kappa shape index (κ2) is 7.46. The largest absolute Gasteiger partial charge is 0.375 e. The lowest BCUT2D eigenvalue weighted by molar-refractivity contribution is -0.0265. The first-order chi connectivity index (χ1) is 9.56. The second-order valence-electron chi connectivity index (χ2n) is 5.75. The summed E-state index contributed by atoms with van der Waals surface area (Å²) < 4.78 is 5.87. The molecule has 2 atom stereocenters. The summed E-state index contributed by atoms with van der Waals surface area (Å²) in [4.78, 5) is 3.78. The number of ether oxygens (including phenoxy) is 1. The number of hydrogen-bond donors (Lipinski definition) is 1. The van der Waals surface area contributed by atoms with Gasteiger partial charge in [0.05, 0.1) is 12.7 Å². The molecule has 2 N–H and O–H groups in total. The van der Waals surface area contributed by atoms with E-state index < -0.39 is 0 Å². The molecule has 1 fully saturated rings. The lowest BCUT2D eigenvalue weighted by atomic mass is 10.1. The number of benzene rings is 1. The quantitative estimate of drug-likeness (QED) is 0.848. The molecule has 2 rings (SSSR count). The van der Waals surface area contributed by atoms with Gasteiger partial charge in [0.2, 0.25) is 0 Å². The van der Waals surface area contributed by atoms with Crippen molar-refractivity contribution in [2.45, 2.75) is 43.9 Å². The molecule has 0 saturated carbocycles. The summed E-state index contributed by atoms with van der Waals surface area (Å²) in [6.07, 6.45) is 0.329. The molecule has 112 valence electrons. The highest BCUT2D eigenvalue weighted by Gasteiger charge is 2.22. The van der Waals surface area contributed by atoms with Crippen molar-refractivity contribution in [3.05, 3.63) is 29.8 Å². The van der Waals surface area contributed by atoms with Crippen LogP contribution >= 0.6 is 11.8 Å². The van der Waals surface area contributed by atoms with Crippen LogP contribution in [0.1, 0.15) is 32.4 Å². The average molecular weight is 294 g/mol. The van der Waals surface area contributed by atoms with Crippen molar-refractivity contribution in [2.75, 3.05) is 25.4 Å². The van der Waals surface area contributed by atoms with E-state index >= 15 is 0 Å². The van der Waals surface area contributed by atoms with Gasteiger partial charge in [0, 0.05) is 35.8 Å². The number of hydrogen-bond acceptors (Lipinski definition) is 4. The Kier molecular flexibility index (Phi) is 5.90. The summed E-state index contributed by atoms with van der Waals surface area (Å²) in [5.74, 6) is 1.01. The van der Waals surface area contributed by atoms with Crippen molar-refractivity contribution in [1.82, 2.24) is 4.90 Å². The maximum absolute atomic E-state index is 5.93. The van der Waals surface area contributed by atoms with Crippen LogP contribution in [0.5, 0.6) is 0 Å². The fraction of sp³-hybridized carbons (Fsp3) is 0.625. The fourth-order valence-electron chi connectivity index (χ4n) is 2.39. The molecular weight excluding hydrogens is 268 g/mol. The Morgan fingerprint density at radius 1 is 1.40 bits per heavy atom. The maximum Gasteiger partial charge on any atom is 0.0796 e. The Balaban J connectivity index is 1.87. The molecule has 0 aromatic heterocycles. The lowest BCUT2D eigenvalue weighted by Crippen LogP contribution is -2.46. The molecular formula is C16H26N2OS. The van der Waals surface area contributed by atoms with E-state index in [-0.39, 0.29) is 6.04 Å². The van der Waals surface area contributed by atoms with Crippen molar-refractivity contribution < 1.29 is 4.74 Å². The van der Waals surface area contributed by atoms with E-state index in [0.29, 0.717) is 12.1 Å². The smallest absolute Gasteiger partial charge is 0.0796 e. The highest BCUT2D eigenvalue weighted by molar-refractivity contribution is 7.99. The molecule has 1 aliphatic rings. The SMILES string of the molecule is CC(N)c1cccc(SCC2CN(C(C)C)CCO2)c1. The first-order valence-electron chi connectivity index (χ1n) is 7.40. The topological polar surface area (TPSA) is 38.5 Å². The Morgan fingerprint density at radius 2 is 2.20 bits per heavy atom. The first kappa shape index (κ1) is 15.8. The zero-order valence-electron chi connectivity index (χ0n) is 12.7. The molecule has 0 bridgehead atoms. The highest BCUT2D eigenvalue weighted by Crippen LogP contribution is 2.24. The summed E-state index contributed by atoms with van der Waals surface area (Å²) in [6, 6.07) is 9.22. The van der Waals surface area contributed by atoms with E-state index in [0.717, 1.165) is 25.4 Å². The Morgan fingerprint density at radius 3 is 2.90 bits per heavy atom. The van der Waals surface area contributed by atoms with Crippen LogP contribution in [-0.2, 0) is 4.74 Å². The molecule has 0 amide bonds. The van der Waals surface area contributed by atoms with Gasteiger partial charge in [-0.25, -0.2) is 0 Å². The normalized spacial score (nSPS) is 22.1. The molecule has 1 aromatic carbocycles. The summed E-state index contributed by atoms with van der Waals surface area (Å²) >= 11 is 1.87. The molecule has 2 unspecified atom stereocenters. The number of morpholine rings is 1. The van der Waals surface area contributed by atoms with Gasteiger partial charge in [-0.3, -0.25) is 4.90 Å². The highest BCUT2D eigenvalue weighted by atomic mass is 32.2. The third kappa shape index (κ3) is 4.48. The van der Waals surface area contributed by atoms with Crippen molar-refractivity contribution in [3.63, 3.8) is 0 Å². The summed E-state index contributed by atoms with van der Waals surface area (Å²) in [6.45, 7) is 9.47. The molecule has 3 nitrogen and oxygen atoms in total. The summed E-state index contributed by atoms with van der Waals surface area (Å²) in [7, 11) is 0. The van der Waals surface area contributed by atoms with Gasteiger partial charge in [0.25, 0.3) is 0 Å². The predicted molar refractivity (Wildman–Crippen MR) is 86.2 cm³/mol. The summed E-state index contributed by atoms with van der Waals surface area (Å²) in [5.41, 5.74) is 7.13. The van der Waals surface area contributed by atoms with E-state index in [4.69, 9.17) is 10.5 Å². The third-order valence-corrected chi connectivity index (χ3v) is 4.85. The average Bonchev–Trinajstić information content (AvgIpc) is 2.45. The zero-order valence-corrected chi connectivity index (χ0v) is 13.5. The molecule has 1 aliphatic heterocycles. The minimum absolute atomic E-state index is 0.0953. The zero-order chi connectivity index (χ0) is 14.5. The number of thioether (sulfide) groups is 1. The van der Waals surface area contributed by atoms with Gasteiger partial charge in [-0.15, -0.1) is 11.8 Å². The van der Waals surface area contributed by atoms with Gasteiger partial charge in [-0.1, -0.05) is 12.1 Å². The van der Waals surface area contributed by atoms with Crippen LogP contribution in [-0.4, -0.2) is 42.5 Å². The van der Waals surface area contributed by atoms with Gasteiger partial charge < -0.3 is 10.5 Å². The van der Waals surface area contributed by atoms with E-state index in [2.05, 4.69) is 43.0 Å². The Bertz CT molecular complexity index is 423. The van der Waals surface area contributed by atoms with E-state index in [1.165, 1.54) is 10.5 Å². The fourth-order valence-corrected chi connectivity index (χ4v) is 3.36. The van der Waals surface area contributed by atoms with E-state index in [1.54, 1.807) is 0 Å². The molecule has 1 saturated heterocycles. The molecule has 0 aliphatic carbocycles. The second-order valence-corrected chi connectivity index (χ2v) is 6.85. The Hall–Kier alpha value is -0.550. The van der Waals surface area contributed by atoms with Crippen LogP contribution < -0.4 is 5.73 Å². The number of nitrogens with two attached hydrogens (primary N) is 1. The number of rotatable bonds is 5. The van der Waals surface area contributed by atoms with Gasteiger partial charge in [0.1, 0.15) is 0 Å². The molecule has 4 heteroatoms. The molecule has 20 heavy (non-hydrogen) atoms. The minimum atomic E-state index is 0.0953. The van der Waals surface area contributed by atoms with Crippen LogP contribution in [0.4, 0.5) is 0 Å². The first-order valence-corrected chi connectivity index (χ1v) is 8.39. The van der Waals surface area contributed by atoms with Crippen molar-refractivity contribution in [3.8, 4) is 0 Å². The van der Waals surface area contributed by atoms with Crippen molar-refractivity contribution in [1.29, 1.82) is 0 Å². The molecule has 0 radical (unpaired) electrons. The predicted octanol–water partition coefficient (Wildman–Crippen LogP) is 2.91. The molecule has 1 heterocycles. The molecule has 0 spiro atoms. The third-order valence-electron chi connectivity index (χ3n) is 3.72. The Labute approximate surface area is 126 Å².